The lowest BCUT2D eigenvalue weighted by atomic mass is 10.2. The van der Waals surface area contributed by atoms with Crippen molar-refractivity contribution in [2.45, 2.75) is 6.54 Å². The van der Waals surface area contributed by atoms with Gasteiger partial charge in [0, 0.05) is 50.5 Å². The SMILES string of the molecule is Nc1nc2ncc(CNc3ccc(C(=O)NCCOCCOCCNC(=O)CN(CCN(CCN(CC(=O)O)CC(=O)O)CC(=O)O)CC(=O)O)cc3)nc2c(=O)[nH]1. The quantitative estimate of drug-likeness (QED) is 0.0316. The van der Waals surface area contributed by atoms with E-state index in [1.807, 2.05) is 0 Å². The minimum Gasteiger partial charge on any atom is -0.480 e. The number of rotatable bonds is 29. The number of nitrogens with zero attached hydrogens (tertiary/aromatic N) is 6. The number of hydrogen-bond acceptors (Lipinski definition) is 17. The summed E-state index contributed by atoms with van der Waals surface area (Å²) in [5, 5.41) is 45.1. The molecule has 0 radical (unpaired) electrons. The van der Waals surface area contributed by atoms with Gasteiger partial charge in [-0.2, -0.15) is 4.98 Å². The molecule has 3 aromatic rings. The number of carboxylic acid groups (broad SMARTS) is 4. The van der Waals surface area contributed by atoms with E-state index in [1.165, 1.54) is 16.0 Å². The first-order valence-corrected chi connectivity index (χ1v) is 17.8. The molecule has 10 N–H and O–H groups in total. The second kappa shape index (κ2) is 24.3. The van der Waals surface area contributed by atoms with E-state index in [9.17, 15) is 43.8 Å². The molecule has 0 unspecified atom stereocenters. The number of hydrogen-bond donors (Lipinski definition) is 9. The van der Waals surface area contributed by atoms with Crippen LogP contribution in [0.1, 0.15) is 16.1 Å². The predicted octanol–water partition coefficient (Wildman–Crippen LogP) is -2.97. The molecule has 0 atom stereocenters. The third kappa shape index (κ3) is 18.1. The lowest BCUT2D eigenvalue weighted by molar-refractivity contribution is -0.143. The zero-order valence-electron chi connectivity index (χ0n) is 31.4. The van der Waals surface area contributed by atoms with Crippen LogP contribution in [0.4, 0.5) is 11.6 Å². The average Bonchev–Trinajstić information content (AvgIpc) is 3.15. The Morgan fingerprint density at radius 2 is 1.21 bits per heavy atom. The van der Waals surface area contributed by atoms with Crippen molar-refractivity contribution >= 4 is 58.5 Å². The molecular formula is C34H47N11O13. The van der Waals surface area contributed by atoms with E-state index in [4.69, 9.17) is 25.4 Å². The van der Waals surface area contributed by atoms with Crippen molar-refractivity contribution in [1.82, 2.24) is 45.3 Å². The Bertz CT molecular complexity index is 1900. The van der Waals surface area contributed by atoms with Crippen molar-refractivity contribution in [2.75, 3.05) is 109 Å². The lowest BCUT2D eigenvalue weighted by Gasteiger charge is -2.27. The van der Waals surface area contributed by atoms with Gasteiger partial charge < -0.3 is 51.6 Å². The molecule has 0 saturated heterocycles. The van der Waals surface area contributed by atoms with Crippen LogP contribution < -0.4 is 27.2 Å². The van der Waals surface area contributed by atoms with Gasteiger partial charge in [0.05, 0.1) is 77.6 Å². The van der Waals surface area contributed by atoms with Crippen LogP contribution in [0.5, 0.6) is 0 Å². The van der Waals surface area contributed by atoms with Crippen LogP contribution in [0, 0.1) is 0 Å². The van der Waals surface area contributed by atoms with Crippen molar-refractivity contribution in [2.24, 2.45) is 0 Å². The minimum atomic E-state index is -1.25. The van der Waals surface area contributed by atoms with Crippen molar-refractivity contribution in [3.05, 3.63) is 52.1 Å². The summed E-state index contributed by atoms with van der Waals surface area (Å²) < 4.78 is 10.9. The van der Waals surface area contributed by atoms with E-state index < -0.39 is 61.5 Å². The van der Waals surface area contributed by atoms with Crippen LogP contribution in [-0.2, 0) is 40.0 Å². The zero-order valence-corrected chi connectivity index (χ0v) is 31.4. The maximum Gasteiger partial charge on any atom is 0.317 e. The third-order valence-corrected chi connectivity index (χ3v) is 7.85. The summed E-state index contributed by atoms with van der Waals surface area (Å²) in [6.07, 6.45) is 1.48. The molecule has 316 valence electrons. The Kier molecular flexibility index (Phi) is 19.3. The minimum absolute atomic E-state index is 0.00513. The number of ether oxygens (including phenoxy) is 2. The maximum atomic E-state index is 12.5. The molecule has 2 aromatic heterocycles. The summed E-state index contributed by atoms with van der Waals surface area (Å²) in [5.41, 5.74) is 6.89. The highest BCUT2D eigenvalue weighted by Gasteiger charge is 2.20. The maximum absolute atomic E-state index is 12.5. The highest BCUT2D eigenvalue weighted by Crippen LogP contribution is 2.12. The van der Waals surface area contributed by atoms with Gasteiger partial charge in [0.2, 0.25) is 11.9 Å². The highest BCUT2D eigenvalue weighted by molar-refractivity contribution is 5.94. The van der Waals surface area contributed by atoms with E-state index in [2.05, 4.69) is 35.9 Å². The number of H-pyrrole nitrogens is 1. The first-order valence-electron chi connectivity index (χ1n) is 17.8. The molecule has 0 fully saturated rings. The Morgan fingerprint density at radius 3 is 1.78 bits per heavy atom. The molecule has 0 aliphatic heterocycles. The fraction of sp³-hybridized carbons (Fsp3) is 0.471. The number of aromatic nitrogens is 4. The number of fused-ring (bicyclic) bond motifs is 1. The van der Waals surface area contributed by atoms with Crippen molar-refractivity contribution < 1.29 is 58.7 Å². The van der Waals surface area contributed by atoms with Crippen LogP contribution in [0.2, 0.25) is 0 Å². The Labute approximate surface area is 330 Å². The summed E-state index contributed by atoms with van der Waals surface area (Å²) >= 11 is 0. The number of aliphatic carboxylic acids is 4. The van der Waals surface area contributed by atoms with Gasteiger partial charge in [0.25, 0.3) is 11.5 Å². The van der Waals surface area contributed by atoms with Crippen LogP contribution in [0.15, 0.2) is 35.3 Å². The summed E-state index contributed by atoms with van der Waals surface area (Å²) in [6, 6.07) is 6.72. The topological polar surface area (TPSA) is 345 Å². The molecule has 0 aliphatic carbocycles. The molecule has 58 heavy (non-hydrogen) atoms. The summed E-state index contributed by atoms with van der Waals surface area (Å²) in [6.45, 7) is -1.15. The number of nitrogen functional groups attached to an aromatic ring is 1. The van der Waals surface area contributed by atoms with Crippen molar-refractivity contribution in [3.63, 3.8) is 0 Å². The van der Waals surface area contributed by atoms with Gasteiger partial charge in [0.15, 0.2) is 11.2 Å². The van der Waals surface area contributed by atoms with Gasteiger partial charge in [-0.15, -0.1) is 0 Å². The number of aromatic amines is 1. The van der Waals surface area contributed by atoms with Crippen LogP contribution in [0.3, 0.4) is 0 Å². The normalized spacial score (nSPS) is 11.2. The van der Waals surface area contributed by atoms with Crippen molar-refractivity contribution in [1.29, 1.82) is 0 Å². The number of carboxylic acids is 4. The van der Waals surface area contributed by atoms with Crippen molar-refractivity contribution in [3.8, 4) is 0 Å². The standard InChI is InChI=1S/C34H47N11O13/c35-34-41-31-30(33(56)42-34)40-24(16-39-31)15-38-23-3-1-22(2-4-23)32(55)37-6-12-58-14-13-57-11-5-36-25(46)17-44(19-27(49)50)9-7-43(18-26(47)48)8-10-45(20-28(51)52)21-29(53)54/h1-4,16,38H,5-15,17-21H2,(H,36,46)(H,37,55)(H,47,48)(H,49,50)(H,51,52)(H,53,54)(H3,35,39,41,42,56). The zero-order chi connectivity index (χ0) is 42.5. The largest absolute Gasteiger partial charge is 0.480 e. The number of amides is 2. The highest BCUT2D eigenvalue weighted by atomic mass is 16.5. The Balaban J connectivity index is 1.27. The number of nitrogens with two attached hydrogens (primary N) is 1. The second-order valence-electron chi connectivity index (χ2n) is 12.5. The van der Waals surface area contributed by atoms with E-state index in [-0.39, 0.29) is 102 Å². The van der Waals surface area contributed by atoms with Gasteiger partial charge in [-0.1, -0.05) is 0 Å². The van der Waals surface area contributed by atoms with E-state index in [1.54, 1.807) is 24.3 Å². The molecule has 0 aliphatic rings. The van der Waals surface area contributed by atoms with Crippen LogP contribution in [-0.4, -0.2) is 189 Å². The van der Waals surface area contributed by atoms with E-state index in [0.29, 0.717) is 16.9 Å². The summed E-state index contributed by atoms with van der Waals surface area (Å²) in [7, 11) is 0. The van der Waals surface area contributed by atoms with Gasteiger partial charge in [-0.3, -0.25) is 53.2 Å². The number of carbonyl (C=O) groups excluding carboxylic acids is 2. The summed E-state index contributed by atoms with van der Waals surface area (Å²) in [4.78, 5) is 100. The molecule has 24 heteroatoms. The van der Waals surface area contributed by atoms with E-state index in [0.717, 1.165) is 4.90 Å². The van der Waals surface area contributed by atoms with Crippen LogP contribution >= 0.6 is 0 Å². The second-order valence-corrected chi connectivity index (χ2v) is 12.5. The number of anilines is 2. The Hall–Kier alpha value is -6.34. The first kappa shape index (κ1) is 46.0. The Morgan fingerprint density at radius 1 is 0.690 bits per heavy atom. The third-order valence-electron chi connectivity index (χ3n) is 7.85. The molecule has 3 rings (SSSR count). The number of benzene rings is 1. The smallest absolute Gasteiger partial charge is 0.317 e. The molecule has 2 heterocycles. The van der Waals surface area contributed by atoms with Gasteiger partial charge in [-0.05, 0) is 24.3 Å². The van der Waals surface area contributed by atoms with Gasteiger partial charge in [-0.25, -0.2) is 9.97 Å². The predicted molar refractivity (Wildman–Crippen MR) is 203 cm³/mol. The first-order chi connectivity index (χ1) is 27.7. The molecule has 1 aromatic carbocycles. The lowest BCUT2D eigenvalue weighted by Crippen LogP contribution is -2.46. The van der Waals surface area contributed by atoms with Gasteiger partial charge in [0.1, 0.15) is 0 Å². The molecule has 0 bridgehead atoms. The van der Waals surface area contributed by atoms with Gasteiger partial charge >= 0.3 is 23.9 Å². The van der Waals surface area contributed by atoms with Crippen LogP contribution in [0.25, 0.3) is 11.2 Å². The number of nitrogens with one attached hydrogen (secondary N) is 4. The fourth-order valence-corrected chi connectivity index (χ4v) is 5.20. The molecular weight excluding hydrogens is 770 g/mol. The van der Waals surface area contributed by atoms with E-state index >= 15 is 0 Å². The fourth-order valence-electron chi connectivity index (χ4n) is 5.20. The molecule has 2 amide bonds. The number of carbonyl (C=O) groups is 6. The summed E-state index contributed by atoms with van der Waals surface area (Å²) in [5.74, 6) is -5.77. The molecule has 0 spiro atoms. The molecule has 0 saturated carbocycles. The molecule has 24 nitrogen and oxygen atoms in total. The monoisotopic (exact) mass is 817 g/mol. The average molecular weight is 818 g/mol.